The molecule has 148 valence electrons. The molecule has 8 heteroatoms. The molecule has 1 heterocycles. The highest BCUT2D eigenvalue weighted by molar-refractivity contribution is 6.06. The summed E-state index contributed by atoms with van der Waals surface area (Å²) in [6.45, 7) is 0.211. The van der Waals surface area contributed by atoms with Gasteiger partial charge in [0.15, 0.2) is 23.1 Å². The predicted molar refractivity (Wildman–Crippen MR) is 98.4 cm³/mol. The fourth-order valence-electron chi connectivity index (χ4n) is 3.09. The van der Waals surface area contributed by atoms with Gasteiger partial charge in [-0.2, -0.15) is 0 Å². The second kappa shape index (κ2) is 8.24. The summed E-state index contributed by atoms with van der Waals surface area (Å²) in [6, 6.07) is 7.83. The summed E-state index contributed by atoms with van der Waals surface area (Å²) >= 11 is 0. The first-order valence-electron chi connectivity index (χ1n) is 8.69. The molecule has 1 aliphatic rings. The fourth-order valence-corrected chi connectivity index (χ4v) is 3.09. The van der Waals surface area contributed by atoms with Crippen LogP contribution in [0.15, 0.2) is 36.4 Å². The zero-order chi connectivity index (χ0) is 20.3. The van der Waals surface area contributed by atoms with Crippen LogP contribution < -0.4 is 14.8 Å². The monoisotopic (exact) mass is 390 g/mol. The highest BCUT2D eigenvalue weighted by Gasteiger charge is 2.38. The summed E-state index contributed by atoms with van der Waals surface area (Å²) in [7, 11) is 3.07. The second-order valence-electron chi connectivity index (χ2n) is 6.35. The lowest BCUT2D eigenvalue weighted by Crippen LogP contribution is -2.36. The molecule has 6 nitrogen and oxygen atoms in total. The van der Waals surface area contributed by atoms with Crippen molar-refractivity contribution in [2.75, 3.05) is 26.1 Å². The summed E-state index contributed by atoms with van der Waals surface area (Å²) < 4.78 is 36.8. The molecule has 0 aliphatic carbocycles. The number of methoxy groups -OCH3 is 2. The van der Waals surface area contributed by atoms with Crippen molar-refractivity contribution in [2.45, 2.75) is 18.9 Å². The minimum Gasteiger partial charge on any atom is -0.493 e. The highest BCUT2D eigenvalue weighted by Crippen LogP contribution is 2.28. The third kappa shape index (κ3) is 4.05. The lowest BCUT2D eigenvalue weighted by molar-refractivity contribution is -0.138. The Morgan fingerprint density at radius 3 is 2.46 bits per heavy atom. The Hall–Kier alpha value is -3.16. The molecule has 1 saturated heterocycles. The Bertz CT molecular complexity index is 904. The lowest BCUT2D eigenvalue weighted by atomic mass is 10.1. The largest absolute Gasteiger partial charge is 0.493 e. The molecule has 0 saturated carbocycles. The SMILES string of the molecule is COc1ccc(CCN2C(=O)C[C@@H](Nc3ccc(F)c(F)c3)C2=O)cc1OC. The molecule has 0 unspecified atom stereocenters. The number of imide groups is 1. The molecule has 2 aromatic rings. The van der Waals surface area contributed by atoms with Crippen LogP contribution in [-0.4, -0.2) is 43.5 Å². The van der Waals surface area contributed by atoms with E-state index in [0.717, 1.165) is 17.7 Å². The van der Waals surface area contributed by atoms with Crippen LogP contribution in [0.3, 0.4) is 0 Å². The number of halogens is 2. The number of nitrogens with zero attached hydrogens (tertiary/aromatic N) is 1. The van der Waals surface area contributed by atoms with Crippen molar-refractivity contribution in [3.05, 3.63) is 53.6 Å². The first-order valence-corrected chi connectivity index (χ1v) is 8.69. The average Bonchev–Trinajstić information content (AvgIpc) is 2.95. The van der Waals surface area contributed by atoms with Crippen LogP contribution in [0.4, 0.5) is 14.5 Å². The van der Waals surface area contributed by atoms with Crippen molar-refractivity contribution in [1.82, 2.24) is 4.90 Å². The number of hydrogen-bond donors (Lipinski definition) is 1. The van der Waals surface area contributed by atoms with Gasteiger partial charge in [0.1, 0.15) is 6.04 Å². The van der Waals surface area contributed by atoms with Gasteiger partial charge in [-0.3, -0.25) is 14.5 Å². The number of anilines is 1. The summed E-state index contributed by atoms with van der Waals surface area (Å²) in [4.78, 5) is 26.0. The predicted octanol–water partition coefficient (Wildman–Crippen LogP) is 2.76. The number of carbonyl (C=O) groups excluding carboxylic acids is 2. The molecule has 1 atom stereocenters. The number of carbonyl (C=O) groups is 2. The van der Waals surface area contributed by atoms with E-state index in [0.29, 0.717) is 17.9 Å². The van der Waals surface area contributed by atoms with E-state index < -0.39 is 23.6 Å². The molecule has 1 fully saturated rings. The summed E-state index contributed by atoms with van der Waals surface area (Å²) in [5.74, 6) is -1.55. The number of ether oxygens (including phenoxy) is 2. The van der Waals surface area contributed by atoms with Crippen LogP contribution in [-0.2, 0) is 16.0 Å². The maximum Gasteiger partial charge on any atom is 0.252 e. The van der Waals surface area contributed by atoms with E-state index in [-0.39, 0.29) is 24.6 Å². The fraction of sp³-hybridized carbons (Fsp3) is 0.300. The van der Waals surface area contributed by atoms with E-state index in [1.165, 1.54) is 18.1 Å². The first kappa shape index (κ1) is 19.6. The first-order chi connectivity index (χ1) is 13.4. The van der Waals surface area contributed by atoms with E-state index in [1.54, 1.807) is 19.2 Å². The second-order valence-corrected chi connectivity index (χ2v) is 6.35. The van der Waals surface area contributed by atoms with Gasteiger partial charge < -0.3 is 14.8 Å². The highest BCUT2D eigenvalue weighted by atomic mass is 19.2. The zero-order valence-electron chi connectivity index (χ0n) is 15.5. The van der Waals surface area contributed by atoms with Crippen molar-refractivity contribution in [3.8, 4) is 11.5 Å². The molecule has 1 aliphatic heterocycles. The minimum atomic E-state index is -1.02. The number of hydrogen-bond acceptors (Lipinski definition) is 5. The summed E-state index contributed by atoms with van der Waals surface area (Å²) in [6.07, 6.45) is 0.416. The number of benzene rings is 2. The van der Waals surface area contributed by atoms with E-state index >= 15 is 0 Å². The minimum absolute atomic E-state index is 0.0379. The van der Waals surface area contributed by atoms with Crippen molar-refractivity contribution in [2.24, 2.45) is 0 Å². The Morgan fingerprint density at radius 2 is 1.79 bits per heavy atom. The van der Waals surface area contributed by atoms with Gasteiger partial charge in [-0.05, 0) is 36.2 Å². The zero-order valence-corrected chi connectivity index (χ0v) is 15.5. The van der Waals surface area contributed by atoms with Crippen LogP contribution in [0.5, 0.6) is 11.5 Å². The van der Waals surface area contributed by atoms with Gasteiger partial charge in [0.25, 0.3) is 5.91 Å². The Balaban J connectivity index is 1.64. The van der Waals surface area contributed by atoms with Gasteiger partial charge in [0.2, 0.25) is 5.91 Å². The van der Waals surface area contributed by atoms with Crippen molar-refractivity contribution < 1.29 is 27.8 Å². The maximum absolute atomic E-state index is 13.3. The Labute approximate surface area is 161 Å². The summed E-state index contributed by atoms with van der Waals surface area (Å²) in [5, 5.41) is 2.80. The smallest absolute Gasteiger partial charge is 0.252 e. The van der Waals surface area contributed by atoms with Crippen LogP contribution in [0.25, 0.3) is 0 Å². The molecule has 0 bridgehead atoms. The average molecular weight is 390 g/mol. The normalized spacial score (nSPS) is 16.4. The molecule has 2 amide bonds. The van der Waals surface area contributed by atoms with Crippen LogP contribution >= 0.6 is 0 Å². The van der Waals surface area contributed by atoms with E-state index in [1.807, 2.05) is 6.07 Å². The van der Waals surface area contributed by atoms with Crippen molar-refractivity contribution >= 4 is 17.5 Å². The van der Waals surface area contributed by atoms with E-state index in [9.17, 15) is 18.4 Å². The third-order valence-corrected chi connectivity index (χ3v) is 4.58. The maximum atomic E-state index is 13.3. The molecule has 0 aromatic heterocycles. The number of rotatable bonds is 7. The molecule has 1 N–H and O–H groups in total. The molecule has 0 radical (unpaired) electrons. The molecular formula is C20H20F2N2O4. The van der Waals surface area contributed by atoms with Gasteiger partial charge in [0, 0.05) is 18.3 Å². The molecule has 3 rings (SSSR count). The lowest BCUT2D eigenvalue weighted by Gasteiger charge is -2.16. The van der Waals surface area contributed by atoms with Gasteiger partial charge in [-0.1, -0.05) is 6.07 Å². The van der Waals surface area contributed by atoms with Crippen LogP contribution in [0.1, 0.15) is 12.0 Å². The standard InChI is InChI=1S/C20H20F2N2O4/c1-27-17-6-3-12(9-18(17)28-2)7-8-24-19(25)11-16(20(24)26)23-13-4-5-14(21)15(22)10-13/h3-6,9-10,16,23H,7-8,11H2,1-2H3/t16-/m1/s1. The van der Waals surface area contributed by atoms with Gasteiger partial charge in [-0.25, -0.2) is 8.78 Å². The molecule has 28 heavy (non-hydrogen) atoms. The van der Waals surface area contributed by atoms with Gasteiger partial charge in [-0.15, -0.1) is 0 Å². The van der Waals surface area contributed by atoms with Crippen LogP contribution in [0, 0.1) is 11.6 Å². The van der Waals surface area contributed by atoms with Crippen molar-refractivity contribution in [3.63, 3.8) is 0 Å². The molecule has 0 spiro atoms. The van der Waals surface area contributed by atoms with E-state index in [4.69, 9.17) is 9.47 Å². The molecule has 2 aromatic carbocycles. The van der Waals surface area contributed by atoms with E-state index in [2.05, 4.69) is 5.32 Å². The topological polar surface area (TPSA) is 67.9 Å². The molecular weight excluding hydrogens is 370 g/mol. The summed E-state index contributed by atoms with van der Waals surface area (Å²) in [5.41, 5.74) is 1.13. The quantitative estimate of drug-likeness (QED) is 0.737. The number of nitrogens with one attached hydrogen (secondary N) is 1. The van der Waals surface area contributed by atoms with Crippen molar-refractivity contribution in [1.29, 1.82) is 0 Å². The Morgan fingerprint density at radius 1 is 1.04 bits per heavy atom. The van der Waals surface area contributed by atoms with Crippen LogP contribution in [0.2, 0.25) is 0 Å². The Kier molecular flexibility index (Phi) is 5.77. The van der Waals surface area contributed by atoms with Gasteiger partial charge >= 0.3 is 0 Å². The number of amides is 2. The third-order valence-electron chi connectivity index (χ3n) is 4.58. The van der Waals surface area contributed by atoms with Gasteiger partial charge in [0.05, 0.1) is 20.6 Å². The number of likely N-dealkylation sites (tertiary alicyclic amines) is 1.